The van der Waals surface area contributed by atoms with Crippen LogP contribution in [0, 0.1) is 23.6 Å². The lowest BCUT2D eigenvalue weighted by Crippen LogP contribution is -2.52. The third-order valence-corrected chi connectivity index (χ3v) is 8.57. The van der Waals surface area contributed by atoms with E-state index in [0.717, 1.165) is 32.1 Å². The molecule has 0 spiro atoms. The van der Waals surface area contributed by atoms with Gasteiger partial charge >= 0.3 is 5.97 Å². The van der Waals surface area contributed by atoms with Crippen LogP contribution in [0.2, 0.25) is 0 Å². The van der Waals surface area contributed by atoms with Crippen molar-refractivity contribution < 1.29 is 33.4 Å². The van der Waals surface area contributed by atoms with Gasteiger partial charge in [0.2, 0.25) is 11.8 Å². The number of rotatable bonds is 17. The Balaban J connectivity index is 2.12. The summed E-state index contributed by atoms with van der Waals surface area (Å²) in [5, 5.41) is 12.3. The third kappa shape index (κ3) is 9.26. The molecule has 0 aromatic heterocycles. The number of halogens is 1. The zero-order valence-corrected chi connectivity index (χ0v) is 25.0. The molecule has 1 aromatic rings. The lowest BCUT2D eigenvalue weighted by atomic mass is 9.81. The van der Waals surface area contributed by atoms with Crippen molar-refractivity contribution in [2.75, 3.05) is 20.8 Å². The number of aliphatic carboxylic acids is 1. The van der Waals surface area contributed by atoms with Crippen LogP contribution in [0.4, 0.5) is 4.39 Å². The summed E-state index contributed by atoms with van der Waals surface area (Å²) in [5.74, 6) is -2.04. The molecule has 2 rings (SSSR count). The summed E-state index contributed by atoms with van der Waals surface area (Å²) < 4.78 is 24.9. The fraction of sp³-hybridized carbons (Fsp3) is 0.710. The molecule has 0 radical (unpaired) electrons. The summed E-state index contributed by atoms with van der Waals surface area (Å²) in [4.78, 5) is 40.6. The molecule has 226 valence electrons. The van der Waals surface area contributed by atoms with Crippen molar-refractivity contribution in [1.29, 1.82) is 0 Å². The number of likely N-dealkylation sites (tertiary alicyclic amines) is 1. The van der Waals surface area contributed by atoms with Crippen molar-refractivity contribution in [3.05, 3.63) is 35.6 Å². The van der Waals surface area contributed by atoms with E-state index in [9.17, 15) is 23.9 Å². The highest BCUT2D eigenvalue weighted by molar-refractivity contribution is 5.85. The van der Waals surface area contributed by atoms with Crippen LogP contribution in [0.3, 0.4) is 0 Å². The van der Waals surface area contributed by atoms with Gasteiger partial charge in [0, 0.05) is 27.2 Å². The number of hydrogen-bond acceptors (Lipinski definition) is 5. The molecule has 1 aliphatic rings. The summed E-state index contributed by atoms with van der Waals surface area (Å²) in [6, 6.07) is 4.05. The first-order valence-corrected chi connectivity index (χ1v) is 14.7. The molecular formula is C31H49FN2O6. The van der Waals surface area contributed by atoms with Gasteiger partial charge in [-0.05, 0) is 48.8 Å². The molecule has 1 fully saturated rings. The van der Waals surface area contributed by atoms with Crippen molar-refractivity contribution in [2.45, 2.75) is 103 Å². The van der Waals surface area contributed by atoms with Crippen molar-refractivity contribution in [3.8, 4) is 0 Å². The molecular weight excluding hydrogens is 515 g/mol. The predicted molar refractivity (Wildman–Crippen MR) is 152 cm³/mol. The number of ether oxygens (including phenoxy) is 2. The molecule has 1 aromatic carbocycles. The molecule has 0 aliphatic carbocycles. The normalized spacial score (nSPS) is 19.9. The van der Waals surface area contributed by atoms with E-state index in [1.165, 1.54) is 31.4 Å². The first-order chi connectivity index (χ1) is 19.1. The van der Waals surface area contributed by atoms with Gasteiger partial charge in [0.1, 0.15) is 11.9 Å². The Morgan fingerprint density at radius 3 is 2.35 bits per heavy atom. The van der Waals surface area contributed by atoms with Gasteiger partial charge in [0.25, 0.3) is 0 Å². The molecule has 9 heteroatoms. The summed E-state index contributed by atoms with van der Waals surface area (Å²) in [7, 11) is 3.19. The van der Waals surface area contributed by atoms with Crippen LogP contribution in [-0.2, 0) is 30.3 Å². The quantitative estimate of drug-likeness (QED) is 0.281. The number of methoxy groups -OCH3 is 2. The average molecular weight is 565 g/mol. The SMILES string of the molecule is CCCC[C@@H]([C@@H](C)CC)[C@@H](CC(=O)N1CCCC1C(OC)[C@@H](C)C(=O)N[C@@H](Cc1ccc(F)cc1)C(=O)O)OC. The summed E-state index contributed by atoms with van der Waals surface area (Å²) >= 11 is 0. The van der Waals surface area contributed by atoms with Crippen LogP contribution in [0.1, 0.15) is 78.2 Å². The van der Waals surface area contributed by atoms with Gasteiger partial charge in [-0.1, -0.05) is 59.1 Å². The Hall–Kier alpha value is -2.52. The molecule has 40 heavy (non-hydrogen) atoms. The zero-order chi connectivity index (χ0) is 29.8. The van der Waals surface area contributed by atoms with Gasteiger partial charge < -0.3 is 24.8 Å². The minimum atomic E-state index is -1.18. The van der Waals surface area contributed by atoms with E-state index in [0.29, 0.717) is 24.4 Å². The number of unbranched alkanes of at least 4 members (excludes halogenated alkanes) is 1. The standard InChI is InChI=1S/C31H49FN2O6/c1-7-9-11-24(20(3)8-2)27(39-5)19-28(35)34-17-10-12-26(34)29(40-6)21(4)30(36)33-25(31(37)38)18-22-13-15-23(32)16-14-22/h13-16,20-21,24-27,29H,7-12,17-19H2,1-6H3,(H,33,36)(H,37,38)/t20-,21+,24-,25-,26?,27+,29?/m0/s1. The van der Waals surface area contributed by atoms with E-state index in [1.807, 2.05) is 4.90 Å². The van der Waals surface area contributed by atoms with Crippen LogP contribution in [-0.4, -0.2) is 72.8 Å². The second-order valence-corrected chi connectivity index (χ2v) is 11.2. The maximum atomic E-state index is 13.6. The Labute approximate surface area is 239 Å². The Morgan fingerprint density at radius 2 is 1.80 bits per heavy atom. The zero-order valence-electron chi connectivity index (χ0n) is 25.0. The molecule has 0 bridgehead atoms. The summed E-state index contributed by atoms with van der Waals surface area (Å²) in [6.07, 6.45) is 5.23. The van der Waals surface area contributed by atoms with Gasteiger partial charge in [-0.2, -0.15) is 0 Å². The lowest BCUT2D eigenvalue weighted by Gasteiger charge is -2.36. The molecule has 2 N–H and O–H groups in total. The smallest absolute Gasteiger partial charge is 0.326 e. The fourth-order valence-corrected chi connectivity index (χ4v) is 5.93. The Bertz CT molecular complexity index is 942. The van der Waals surface area contributed by atoms with Gasteiger partial charge in [0.05, 0.1) is 30.6 Å². The van der Waals surface area contributed by atoms with Crippen molar-refractivity contribution in [2.24, 2.45) is 17.8 Å². The van der Waals surface area contributed by atoms with E-state index >= 15 is 0 Å². The van der Waals surface area contributed by atoms with Crippen LogP contribution in [0.25, 0.3) is 0 Å². The minimum absolute atomic E-state index is 0.00599. The molecule has 1 aliphatic heterocycles. The molecule has 2 amide bonds. The number of carbonyl (C=O) groups excluding carboxylic acids is 2. The first-order valence-electron chi connectivity index (χ1n) is 14.7. The number of amides is 2. The maximum Gasteiger partial charge on any atom is 0.326 e. The van der Waals surface area contributed by atoms with E-state index in [1.54, 1.807) is 14.0 Å². The largest absolute Gasteiger partial charge is 0.480 e. The lowest BCUT2D eigenvalue weighted by molar-refractivity contribution is -0.145. The number of hydrogen-bond donors (Lipinski definition) is 2. The molecule has 8 nitrogen and oxygen atoms in total. The monoisotopic (exact) mass is 564 g/mol. The Kier molecular flexibility index (Phi) is 14.0. The minimum Gasteiger partial charge on any atom is -0.480 e. The highest BCUT2D eigenvalue weighted by Gasteiger charge is 2.41. The van der Waals surface area contributed by atoms with E-state index in [4.69, 9.17) is 9.47 Å². The van der Waals surface area contributed by atoms with Crippen molar-refractivity contribution in [1.82, 2.24) is 10.2 Å². The highest BCUT2D eigenvalue weighted by atomic mass is 19.1. The van der Waals surface area contributed by atoms with E-state index in [2.05, 4.69) is 26.1 Å². The van der Waals surface area contributed by atoms with Crippen LogP contribution < -0.4 is 5.32 Å². The molecule has 1 heterocycles. The number of carboxylic acids is 1. The number of nitrogens with one attached hydrogen (secondary N) is 1. The van der Waals surface area contributed by atoms with Gasteiger partial charge in [0.15, 0.2) is 0 Å². The number of carbonyl (C=O) groups is 3. The fourth-order valence-electron chi connectivity index (χ4n) is 5.93. The molecule has 7 atom stereocenters. The first kappa shape index (κ1) is 33.7. The third-order valence-electron chi connectivity index (χ3n) is 8.57. The highest BCUT2D eigenvalue weighted by Crippen LogP contribution is 2.31. The summed E-state index contributed by atoms with van der Waals surface area (Å²) in [5.41, 5.74) is 0.597. The van der Waals surface area contributed by atoms with E-state index < -0.39 is 35.8 Å². The number of nitrogens with zero attached hydrogens (tertiary/aromatic N) is 1. The van der Waals surface area contributed by atoms with Gasteiger partial charge in [-0.25, -0.2) is 9.18 Å². The average Bonchev–Trinajstić information content (AvgIpc) is 3.42. The molecule has 2 unspecified atom stereocenters. The van der Waals surface area contributed by atoms with Crippen LogP contribution in [0.5, 0.6) is 0 Å². The number of carboxylic acid groups (broad SMARTS) is 1. The van der Waals surface area contributed by atoms with E-state index in [-0.39, 0.29) is 36.8 Å². The maximum absolute atomic E-state index is 13.6. The van der Waals surface area contributed by atoms with Crippen molar-refractivity contribution >= 4 is 17.8 Å². The van der Waals surface area contributed by atoms with Crippen molar-refractivity contribution in [3.63, 3.8) is 0 Å². The predicted octanol–water partition coefficient (Wildman–Crippen LogP) is 4.84. The topological polar surface area (TPSA) is 105 Å². The van der Waals surface area contributed by atoms with Crippen LogP contribution in [0.15, 0.2) is 24.3 Å². The molecule has 0 saturated carbocycles. The van der Waals surface area contributed by atoms with Gasteiger partial charge in [-0.3, -0.25) is 9.59 Å². The molecule has 1 saturated heterocycles. The Morgan fingerprint density at radius 1 is 1.12 bits per heavy atom. The number of benzene rings is 1. The second kappa shape index (κ2) is 16.7. The van der Waals surface area contributed by atoms with Crippen LogP contribution >= 0.6 is 0 Å². The second-order valence-electron chi connectivity index (χ2n) is 11.2. The summed E-state index contributed by atoms with van der Waals surface area (Å²) in [6.45, 7) is 8.83. The van der Waals surface area contributed by atoms with Gasteiger partial charge in [-0.15, -0.1) is 0 Å².